The molecule has 1 aromatic heterocycles. The quantitative estimate of drug-likeness (QED) is 0.704. The fraction of sp³-hybridized carbons (Fsp3) is 0.583. The van der Waals surface area contributed by atoms with Crippen molar-refractivity contribution in [2.75, 3.05) is 6.61 Å². The van der Waals surface area contributed by atoms with E-state index in [-0.39, 0.29) is 18.7 Å². The number of hydrogen-bond donors (Lipinski definition) is 1. The molecular formula is C12H14N2O5. The number of carbonyl (C=O) groups is 1. The molecule has 0 radical (unpaired) electrons. The monoisotopic (exact) mass is 266 g/mol. The molecule has 2 aliphatic heterocycles. The number of nitrogens with one attached hydrogen (secondary N) is 1. The molecule has 102 valence electrons. The highest BCUT2D eigenvalue weighted by Gasteiger charge is 2.57. The van der Waals surface area contributed by atoms with E-state index in [2.05, 4.69) is 4.98 Å². The van der Waals surface area contributed by atoms with Gasteiger partial charge in [-0.05, 0) is 13.8 Å². The molecule has 2 fully saturated rings. The van der Waals surface area contributed by atoms with Gasteiger partial charge in [-0.25, -0.2) is 4.79 Å². The van der Waals surface area contributed by atoms with Crippen molar-refractivity contribution in [2.45, 2.75) is 32.6 Å². The van der Waals surface area contributed by atoms with E-state index in [1.54, 1.807) is 13.8 Å². The predicted molar refractivity (Wildman–Crippen MR) is 63.7 cm³/mol. The molecule has 0 aliphatic carbocycles. The van der Waals surface area contributed by atoms with E-state index in [0.29, 0.717) is 12.1 Å². The van der Waals surface area contributed by atoms with Crippen LogP contribution in [0.4, 0.5) is 0 Å². The number of fused-ring (bicyclic) bond motifs is 1. The summed E-state index contributed by atoms with van der Waals surface area (Å²) in [4.78, 5) is 37.0. The third kappa shape index (κ3) is 1.65. The van der Waals surface area contributed by atoms with Gasteiger partial charge < -0.3 is 9.47 Å². The van der Waals surface area contributed by atoms with E-state index in [4.69, 9.17) is 9.47 Å². The van der Waals surface area contributed by atoms with Crippen LogP contribution in [0.3, 0.4) is 0 Å². The molecule has 0 bridgehead atoms. The van der Waals surface area contributed by atoms with Gasteiger partial charge in [0.1, 0.15) is 18.9 Å². The summed E-state index contributed by atoms with van der Waals surface area (Å²) in [6.45, 7) is 3.65. The summed E-state index contributed by atoms with van der Waals surface area (Å²) in [6.07, 6.45) is -0.529. The van der Waals surface area contributed by atoms with Crippen molar-refractivity contribution in [3.63, 3.8) is 0 Å². The average molecular weight is 266 g/mol. The zero-order valence-corrected chi connectivity index (χ0v) is 10.6. The number of esters is 1. The second-order valence-corrected chi connectivity index (χ2v) is 5.25. The van der Waals surface area contributed by atoms with Crippen molar-refractivity contribution >= 4 is 5.97 Å². The van der Waals surface area contributed by atoms with Gasteiger partial charge in [0.2, 0.25) is 0 Å². The normalized spacial score (nSPS) is 33.3. The Bertz CT molecular complexity index is 661. The first-order chi connectivity index (χ1) is 8.91. The Morgan fingerprint density at radius 2 is 2.16 bits per heavy atom. The van der Waals surface area contributed by atoms with Crippen LogP contribution in [0.1, 0.15) is 25.3 Å². The van der Waals surface area contributed by atoms with Crippen LogP contribution in [-0.4, -0.2) is 28.2 Å². The molecule has 3 atom stereocenters. The summed E-state index contributed by atoms with van der Waals surface area (Å²) in [6, 6.07) is 1.33. The summed E-state index contributed by atoms with van der Waals surface area (Å²) < 4.78 is 12.1. The standard InChI is InChI=1S/C12H14N2O5/c1-6-3-8(15)13-11(17)14(6)9-4-12(2)7(19-9)5-18-10(12)16/h3,7,9H,4-5H2,1-2H3,(H,13,15,17)/t7-,9-,12?/m1/s1. The Balaban J connectivity index is 2.01. The van der Waals surface area contributed by atoms with Crippen molar-refractivity contribution in [3.8, 4) is 0 Å². The topological polar surface area (TPSA) is 90.4 Å². The third-order valence-electron chi connectivity index (χ3n) is 3.92. The SMILES string of the molecule is Cc1cc(=O)[nH]c(=O)n1[C@H]1CC2(C)C(=O)OC[C@H]2O1. The van der Waals surface area contributed by atoms with E-state index < -0.39 is 22.9 Å². The number of carbonyl (C=O) groups excluding carboxylic acids is 1. The number of nitrogens with zero attached hydrogens (tertiary/aromatic N) is 1. The highest BCUT2D eigenvalue weighted by Crippen LogP contribution is 2.47. The van der Waals surface area contributed by atoms with E-state index in [9.17, 15) is 14.4 Å². The molecule has 19 heavy (non-hydrogen) atoms. The minimum Gasteiger partial charge on any atom is -0.462 e. The second-order valence-electron chi connectivity index (χ2n) is 5.25. The zero-order chi connectivity index (χ0) is 13.8. The van der Waals surface area contributed by atoms with Crippen LogP contribution in [0, 0.1) is 12.3 Å². The number of rotatable bonds is 1. The first-order valence-electron chi connectivity index (χ1n) is 6.07. The van der Waals surface area contributed by atoms with Gasteiger partial charge in [0.25, 0.3) is 5.56 Å². The van der Waals surface area contributed by atoms with Crippen LogP contribution >= 0.6 is 0 Å². The maximum absolute atomic E-state index is 11.9. The third-order valence-corrected chi connectivity index (χ3v) is 3.92. The van der Waals surface area contributed by atoms with Crippen molar-refractivity contribution in [3.05, 3.63) is 32.6 Å². The first-order valence-corrected chi connectivity index (χ1v) is 6.07. The maximum Gasteiger partial charge on any atom is 0.330 e. The van der Waals surface area contributed by atoms with Gasteiger partial charge in [0.05, 0.1) is 5.41 Å². The number of hydrogen-bond acceptors (Lipinski definition) is 5. The number of ether oxygens (including phenoxy) is 2. The van der Waals surface area contributed by atoms with Crippen LogP contribution in [0.2, 0.25) is 0 Å². The lowest BCUT2D eigenvalue weighted by Gasteiger charge is -2.17. The Morgan fingerprint density at radius 3 is 2.79 bits per heavy atom. The van der Waals surface area contributed by atoms with Gasteiger partial charge in [-0.15, -0.1) is 0 Å². The van der Waals surface area contributed by atoms with Gasteiger partial charge in [-0.2, -0.15) is 0 Å². The summed E-state index contributed by atoms with van der Waals surface area (Å²) in [5.41, 5.74) is -1.17. The van der Waals surface area contributed by atoms with Gasteiger partial charge in [-0.3, -0.25) is 19.1 Å². The summed E-state index contributed by atoms with van der Waals surface area (Å²) in [7, 11) is 0. The largest absolute Gasteiger partial charge is 0.462 e. The van der Waals surface area contributed by atoms with Crippen LogP contribution in [-0.2, 0) is 14.3 Å². The molecule has 3 heterocycles. The fourth-order valence-electron chi connectivity index (χ4n) is 2.77. The fourth-order valence-corrected chi connectivity index (χ4v) is 2.77. The lowest BCUT2D eigenvalue weighted by molar-refractivity contribution is -0.145. The average Bonchev–Trinajstić information content (AvgIpc) is 2.74. The summed E-state index contributed by atoms with van der Waals surface area (Å²) >= 11 is 0. The van der Waals surface area contributed by atoms with Crippen molar-refractivity contribution < 1.29 is 14.3 Å². The predicted octanol–water partition coefficient (Wildman–Crippen LogP) is -0.304. The minimum atomic E-state index is -0.716. The lowest BCUT2D eigenvalue weighted by Crippen LogP contribution is -2.34. The van der Waals surface area contributed by atoms with Crippen molar-refractivity contribution in [2.24, 2.45) is 5.41 Å². The van der Waals surface area contributed by atoms with E-state index >= 15 is 0 Å². The molecule has 1 unspecified atom stereocenters. The molecule has 7 heteroatoms. The van der Waals surface area contributed by atoms with E-state index in [1.807, 2.05) is 0 Å². The van der Waals surface area contributed by atoms with Crippen LogP contribution in [0.5, 0.6) is 0 Å². The van der Waals surface area contributed by atoms with Gasteiger partial charge in [-0.1, -0.05) is 0 Å². The molecule has 0 amide bonds. The molecule has 0 saturated carbocycles. The number of cyclic esters (lactones) is 1. The Kier molecular flexibility index (Phi) is 2.43. The van der Waals surface area contributed by atoms with Crippen molar-refractivity contribution in [1.29, 1.82) is 0 Å². The van der Waals surface area contributed by atoms with E-state index in [0.717, 1.165) is 0 Å². The second kappa shape index (κ2) is 3.80. The van der Waals surface area contributed by atoms with Crippen LogP contribution in [0.15, 0.2) is 15.7 Å². The highest BCUT2D eigenvalue weighted by molar-refractivity contribution is 5.79. The first kappa shape index (κ1) is 12.2. The summed E-state index contributed by atoms with van der Waals surface area (Å²) in [5, 5.41) is 0. The smallest absolute Gasteiger partial charge is 0.330 e. The molecule has 0 aromatic carbocycles. The maximum atomic E-state index is 11.9. The van der Waals surface area contributed by atoms with Gasteiger partial charge in [0.15, 0.2) is 0 Å². The number of H-pyrrole nitrogens is 1. The van der Waals surface area contributed by atoms with E-state index in [1.165, 1.54) is 10.6 Å². The van der Waals surface area contributed by atoms with Gasteiger partial charge >= 0.3 is 11.7 Å². The molecule has 1 aromatic rings. The van der Waals surface area contributed by atoms with Crippen LogP contribution < -0.4 is 11.2 Å². The lowest BCUT2D eigenvalue weighted by atomic mass is 9.85. The molecule has 2 saturated heterocycles. The molecule has 7 nitrogen and oxygen atoms in total. The zero-order valence-electron chi connectivity index (χ0n) is 10.6. The summed E-state index contributed by atoms with van der Waals surface area (Å²) in [5.74, 6) is -0.296. The molecule has 3 rings (SSSR count). The Labute approximate surface area is 108 Å². The molecule has 1 N–H and O–H groups in total. The minimum absolute atomic E-state index is 0.211. The molecule has 2 aliphatic rings. The van der Waals surface area contributed by atoms with Crippen molar-refractivity contribution in [1.82, 2.24) is 9.55 Å². The highest BCUT2D eigenvalue weighted by atomic mass is 16.6. The van der Waals surface area contributed by atoms with Crippen LogP contribution in [0.25, 0.3) is 0 Å². The number of aromatic nitrogens is 2. The molecular weight excluding hydrogens is 252 g/mol. The molecule has 0 spiro atoms. The number of aryl methyl sites for hydroxylation is 1. The Morgan fingerprint density at radius 1 is 1.42 bits per heavy atom. The number of aromatic amines is 1. The Hall–Kier alpha value is -1.89. The van der Waals surface area contributed by atoms with Gasteiger partial charge in [0, 0.05) is 18.2 Å².